The van der Waals surface area contributed by atoms with Crippen LogP contribution in [0.4, 0.5) is 5.69 Å². The molecule has 5 nitrogen and oxygen atoms in total. The van der Waals surface area contributed by atoms with Gasteiger partial charge in [-0.3, -0.25) is 14.5 Å². The van der Waals surface area contributed by atoms with Crippen LogP contribution in [0.1, 0.15) is 26.3 Å². The van der Waals surface area contributed by atoms with Gasteiger partial charge in [-0.25, -0.2) is 0 Å². The standard InChI is InChI=1S/C23H24Cl2N2O3S/c1-4-31-13-19-20(15-8-6-5-7-9-15)21(28)27(14-30-19)23(2,3)22(29)26-18-11-16(24)10-17(25)12-18/h5-12H,4,13-14H2,1-3H3,(H,26,29). The normalized spacial score (nSPS) is 14.5. The highest BCUT2D eigenvalue weighted by Gasteiger charge is 2.42. The second-order valence-corrected chi connectivity index (χ2v) is 9.63. The third-order valence-electron chi connectivity index (χ3n) is 4.96. The van der Waals surface area contributed by atoms with Crippen LogP contribution in [-0.2, 0) is 14.3 Å². The van der Waals surface area contributed by atoms with Crippen LogP contribution >= 0.6 is 35.0 Å². The Balaban J connectivity index is 1.90. The molecule has 2 aromatic rings. The summed E-state index contributed by atoms with van der Waals surface area (Å²) in [6.45, 7) is 5.42. The van der Waals surface area contributed by atoms with E-state index in [2.05, 4.69) is 12.2 Å². The van der Waals surface area contributed by atoms with Crippen LogP contribution in [-0.4, -0.2) is 40.5 Å². The molecule has 8 heteroatoms. The monoisotopic (exact) mass is 478 g/mol. The molecule has 0 saturated carbocycles. The van der Waals surface area contributed by atoms with Crippen molar-refractivity contribution in [3.8, 4) is 0 Å². The lowest BCUT2D eigenvalue weighted by atomic mass is 9.96. The zero-order chi connectivity index (χ0) is 22.6. The number of nitrogens with one attached hydrogen (secondary N) is 1. The lowest BCUT2D eigenvalue weighted by Gasteiger charge is -2.40. The molecule has 1 aliphatic rings. The molecule has 0 radical (unpaired) electrons. The summed E-state index contributed by atoms with van der Waals surface area (Å²) in [5.74, 6) is 1.52. The second-order valence-electron chi connectivity index (χ2n) is 7.48. The molecule has 0 aromatic heterocycles. The molecular weight excluding hydrogens is 455 g/mol. The van der Waals surface area contributed by atoms with E-state index in [4.69, 9.17) is 27.9 Å². The van der Waals surface area contributed by atoms with Crippen molar-refractivity contribution in [2.45, 2.75) is 26.3 Å². The zero-order valence-electron chi connectivity index (χ0n) is 17.6. The Kier molecular flexibility index (Phi) is 7.57. The van der Waals surface area contributed by atoms with Crippen molar-refractivity contribution in [3.63, 3.8) is 0 Å². The third-order valence-corrected chi connectivity index (χ3v) is 6.27. The van der Waals surface area contributed by atoms with Crippen LogP contribution in [0, 0.1) is 0 Å². The first-order chi connectivity index (χ1) is 14.7. The Bertz CT molecular complexity index is 989. The molecule has 0 saturated heterocycles. The van der Waals surface area contributed by atoms with E-state index in [9.17, 15) is 9.59 Å². The largest absolute Gasteiger partial charge is 0.476 e. The number of hydrogen-bond donors (Lipinski definition) is 1. The van der Waals surface area contributed by atoms with E-state index in [0.29, 0.717) is 32.8 Å². The number of carbonyl (C=O) groups excluding carboxylic acids is 2. The average Bonchev–Trinajstić information content (AvgIpc) is 2.71. The molecule has 0 bridgehead atoms. The first-order valence-corrected chi connectivity index (χ1v) is 11.7. The van der Waals surface area contributed by atoms with Gasteiger partial charge in [-0.2, -0.15) is 11.8 Å². The highest BCUT2D eigenvalue weighted by Crippen LogP contribution is 2.33. The molecule has 0 spiro atoms. The summed E-state index contributed by atoms with van der Waals surface area (Å²) in [4.78, 5) is 28.1. The molecule has 0 unspecified atom stereocenters. The van der Waals surface area contributed by atoms with Gasteiger partial charge in [0.15, 0.2) is 6.73 Å². The van der Waals surface area contributed by atoms with E-state index >= 15 is 0 Å². The van der Waals surface area contributed by atoms with Crippen molar-refractivity contribution >= 4 is 58.0 Å². The number of anilines is 1. The van der Waals surface area contributed by atoms with Crippen LogP contribution in [0.3, 0.4) is 0 Å². The molecule has 31 heavy (non-hydrogen) atoms. The lowest BCUT2D eigenvalue weighted by molar-refractivity contribution is -0.147. The van der Waals surface area contributed by atoms with Gasteiger partial charge in [0.1, 0.15) is 11.3 Å². The van der Waals surface area contributed by atoms with Crippen LogP contribution in [0.25, 0.3) is 5.57 Å². The van der Waals surface area contributed by atoms with Crippen LogP contribution in [0.15, 0.2) is 54.3 Å². The van der Waals surface area contributed by atoms with Crippen LogP contribution in [0.5, 0.6) is 0 Å². The van der Waals surface area contributed by atoms with Gasteiger partial charge in [0.2, 0.25) is 5.91 Å². The maximum atomic E-state index is 13.6. The molecule has 1 heterocycles. The fourth-order valence-electron chi connectivity index (χ4n) is 3.17. The molecule has 2 amide bonds. The average molecular weight is 479 g/mol. The van der Waals surface area contributed by atoms with E-state index in [1.54, 1.807) is 43.8 Å². The summed E-state index contributed by atoms with van der Waals surface area (Å²) >= 11 is 13.7. The Morgan fingerprint density at radius 3 is 2.42 bits per heavy atom. The van der Waals surface area contributed by atoms with Crippen molar-refractivity contribution < 1.29 is 14.3 Å². The topological polar surface area (TPSA) is 58.6 Å². The quantitative estimate of drug-likeness (QED) is 0.554. The summed E-state index contributed by atoms with van der Waals surface area (Å²) in [5, 5.41) is 3.62. The molecule has 3 rings (SSSR count). The SMILES string of the molecule is CCSCC1=C(c2ccccc2)C(=O)N(C(C)(C)C(=O)Nc2cc(Cl)cc(Cl)c2)CO1. The fourth-order valence-corrected chi connectivity index (χ4v) is 4.32. The van der Waals surface area contributed by atoms with Crippen molar-refractivity contribution in [2.75, 3.05) is 23.6 Å². The van der Waals surface area contributed by atoms with Crippen LogP contribution in [0.2, 0.25) is 10.0 Å². The summed E-state index contributed by atoms with van der Waals surface area (Å²) < 4.78 is 6.00. The molecule has 1 aliphatic heterocycles. The molecule has 0 aliphatic carbocycles. The number of rotatable bonds is 7. The summed E-state index contributed by atoms with van der Waals surface area (Å²) in [6, 6.07) is 14.2. The number of halogens is 2. The molecular formula is C23H24Cl2N2O3S. The predicted molar refractivity (Wildman–Crippen MR) is 128 cm³/mol. The smallest absolute Gasteiger partial charge is 0.261 e. The van der Waals surface area contributed by atoms with Gasteiger partial charge in [-0.15, -0.1) is 0 Å². The molecule has 0 atom stereocenters. The Morgan fingerprint density at radius 2 is 1.81 bits per heavy atom. The second kappa shape index (κ2) is 9.98. The fraction of sp³-hybridized carbons (Fsp3) is 0.304. The van der Waals surface area contributed by atoms with Gasteiger partial charge in [-0.1, -0.05) is 60.5 Å². The van der Waals surface area contributed by atoms with Crippen molar-refractivity contribution in [1.82, 2.24) is 4.90 Å². The maximum absolute atomic E-state index is 13.6. The van der Waals surface area contributed by atoms with E-state index in [0.717, 1.165) is 11.3 Å². The maximum Gasteiger partial charge on any atom is 0.261 e. The number of hydrogen-bond acceptors (Lipinski definition) is 4. The number of nitrogens with zero attached hydrogens (tertiary/aromatic N) is 1. The molecule has 0 fully saturated rings. The Labute approximate surface area is 196 Å². The van der Waals surface area contributed by atoms with Gasteiger partial charge in [-0.05, 0) is 43.4 Å². The zero-order valence-corrected chi connectivity index (χ0v) is 19.9. The number of carbonyl (C=O) groups is 2. The minimum atomic E-state index is -1.19. The number of benzene rings is 2. The van der Waals surface area contributed by atoms with E-state index in [1.807, 2.05) is 30.3 Å². The summed E-state index contributed by atoms with van der Waals surface area (Å²) in [5.41, 5.74) is 0.524. The van der Waals surface area contributed by atoms with E-state index in [1.165, 1.54) is 4.90 Å². The van der Waals surface area contributed by atoms with Gasteiger partial charge in [0.05, 0.1) is 11.3 Å². The number of ether oxygens (including phenoxy) is 1. The van der Waals surface area contributed by atoms with Gasteiger partial charge in [0, 0.05) is 15.7 Å². The van der Waals surface area contributed by atoms with Crippen LogP contribution < -0.4 is 5.32 Å². The molecule has 2 aromatic carbocycles. The predicted octanol–water partition coefficient (Wildman–Crippen LogP) is 5.69. The lowest BCUT2D eigenvalue weighted by Crippen LogP contribution is -2.57. The van der Waals surface area contributed by atoms with Gasteiger partial charge in [0.25, 0.3) is 5.91 Å². The summed E-state index contributed by atoms with van der Waals surface area (Å²) in [6.07, 6.45) is 0. The Morgan fingerprint density at radius 1 is 1.16 bits per heavy atom. The third kappa shape index (κ3) is 5.37. The minimum Gasteiger partial charge on any atom is -0.476 e. The minimum absolute atomic E-state index is 0.00844. The first kappa shape index (κ1) is 23.5. The van der Waals surface area contributed by atoms with Crippen molar-refractivity contribution in [1.29, 1.82) is 0 Å². The molecule has 164 valence electrons. The first-order valence-electron chi connectivity index (χ1n) is 9.82. The van der Waals surface area contributed by atoms with E-state index < -0.39 is 5.54 Å². The number of amides is 2. The molecule has 1 N–H and O–H groups in total. The van der Waals surface area contributed by atoms with Crippen molar-refractivity contribution in [3.05, 3.63) is 69.9 Å². The number of thioether (sulfide) groups is 1. The van der Waals surface area contributed by atoms with Gasteiger partial charge < -0.3 is 10.1 Å². The highest BCUT2D eigenvalue weighted by molar-refractivity contribution is 7.99. The highest BCUT2D eigenvalue weighted by atomic mass is 35.5. The van der Waals surface area contributed by atoms with Gasteiger partial charge >= 0.3 is 0 Å². The summed E-state index contributed by atoms with van der Waals surface area (Å²) in [7, 11) is 0. The van der Waals surface area contributed by atoms with Crippen molar-refractivity contribution in [2.24, 2.45) is 0 Å². The van der Waals surface area contributed by atoms with E-state index in [-0.39, 0.29) is 18.5 Å². The Hall–Kier alpha value is -2.15.